The van der Waals surface area contributed by atoms with E-state index in [0.717, 1.165) is 6.07 Å². The molecule has 1 N–H and O–H groups in total. The summed E-state index contributed by atoms with van der Waals surface area (Å²) >= 11 is 5.66. The molecule has 0 saturated carbocycles. The molecule has 7 heteroatoms. The van der Waals surface area contributed by atoms with Crippen LogP contribution in [0.5, 0.6) is 0 Å². The van der Waals surface area contributed by atoms with Crippen LogP contribution in [0.25, 0.3) is 0 Å². The van der Waals surface area contributed by atoms with E-state index in [1.807, 2.05) is 0 Å². The Hall–Kier alpha value is -1.27. The number of carbonyl (C=O) groups excluding carboxylic acids is 1. The first-order valence-corrected chi connectivity index (χ1v) is 5.47. The quantitative estimate of drug-likeness (QED) is 0.919. The van der Waals surface area contributed by atoms with Crippen LogP contribution in [-0.2, 0) is 15.7 Å². The van der Waals surface area contributed by atoms with Gasteiger partial charge >= 0.3 is 6.18 Å². The average molecular weight is 282 g/mol. The van der Waals surface area contributed by atoms with Crippen LogP contribution in [-0.4, -0.2) is 19.1 Å². The Balaban J connectivity index is 2.97. The van der Waals surface area contributed by atoms with Gasteiger partial charge in [0.1, 0.15) is 6.61 Å². The van der Waals surface area contributed by atoms with Gasteiger partial charge in [-0.05, 0) is 19.1 Å². The summed E-state index contributed by atoms with van der Waals surface area (Å²) in [6, 6.07) is 3.29. The van der Waals surface area contributed by atoms with Crippen molar-refractivity contribution in [3.8, 4) is 0 Å². The number of carbonyl (C=O) groups is 1. The summed E-state index contributed by atoms with van der Waals surface area (Å²) in [5.74, 6) is -0.685. The first-order valence-electron chi connectivity index (χ1n) is 5.09. The van der Waals surface area contributed by atoms with Crippen molar-refractivity contribution in [2.75, 3.05) is 18.5 Å². The molecule has 0 radical (unpaired) electrons. The third-order valence-electron chi connectivity index (χ3n) is 2.02. The molecule has 0 aromatic heterocycles. The van der Waals surface area contributed by atoms with Crippen molar-refractivity contribution in [3.63, 3.8) is 0 Å². The monoisotopic (exact) mass is 281 g/mol. The number of benzene rings is 1. The van der Waals surface area contributed by atoms with E-state index in [-0.39, 0.29) is 11.6 Å². The second kappa shape index (κ2) is 6.06. The van der Waals surface area contributed by atoms with Gasteiger partial charge in [0, 0.05) is 6.61 Å². The molecule has 1 rings (SSSR count). The van der Waals surface area contributed by atoms with Gasteiger partial charge in [0.25, 0.3) is 0 Å². The van der Waals surface area contributed by atoms with E-state index in [1.54, 1.807) is 6.92 Å². The predicted octanol–water partition coefficient (Wildman–Crippen LogP) is 3.33. The Morgan fingerprint density at radius 3 is 2.67 bits per heavy atom. The molecule has 0 saturated heterocycles. The van der Waals surface area contributed by atoms with Gasteiger partial charge in [0.2, 0.25) is 5.91 Å². The highest BCUT2D eigenvalue weighted by Gasteiger charge is 2.34. The van der Waals surface area contributed by atoms with Crippen LogP contribution in [0.3, 0.4) is 0 Å². The van der Waals surface area contributed by atoms with E-state index in [4.69, 9.17) is 16.3 Å². The third kappa shape index (κ3) is 3.89. The molecule has 1 aromatic rings. The van der Waals surface area contributed by atoms with Crippen LogP contribution >= 0.6 is 11.6 Å². The highest BCUT2D eigenvalue weighted by atomic mass is 35.5. The molecular weight excluding hydrogens is 271 g/mol. The van der Waals surface area contributed by atoms with Crippen LogP contribution in [0.4, 0.5) is 18.9 Å². The SMILES string of the molecule is CCOCC(=O)Nc1c(Cl)cccc1C(F)(F)F. The molecule has 1 amide bonds. The second-order valence-electron chi connectivity index (χ2n) is 3.35. The number of para-hydroxylation sites is 1. The fourth-order valence-corrected chi connectivity index (χ4v) is 1.48. The van der Waals surface area contributed by atoms with E-state index >= 15 is 0 Å². The number of hydrogen-bond donors (Lipinski definition) is 1. The number of nitrogens with one attached hydrogen (secondary N) is 1. The Morgan fingerprint density at radius 2 is 2.11 bits per heavy atom. The molecule has 0 heterocycles. The number of halogens is 4. The highest BCUT2D eigenvalue weighted by molar-refractivity contribution is 6.34. The summed E-state index contributed by atoms with van der Waals surface area (Å²) in [7, 11) is 0. The van der Waals surface area contributed by atoms with Gasteiger partial charge in [-0.15, -0.1) is 0 Å². The summed E-state index contributed by atoms with van der Waals surface area (Å²) < 4.78 is 42.9. The molecule has 0 aliphatic heterocycles. The van der Waals surface area contributed by atoms with Crippen LogP contribution in [0.1, 0.15) is 12.5 Å². The lowest BCUT2D eigenvalue weighted by Crippen LogP contribution is -2.21. The minimum absolute atomic E-state index is 0.172. The summed E-state index contributed by atoms with van der Waals surface area (Å²) in [5, 5.41) is 1.93. The first-order chi connectivity index (χ1) is 8.36. The van der Waals surface area contributed by atoms with E-state index in [9.17, 15) is 18.0 Å². The maximum absolute atomic E-state index is 12.7. The van der Waals surface area contributed by atoms with Gasteiger partial charge < -0.3 is 10.1 Å². The zero-order valence-electron chi connectivity index (χ0n) is 9.47. The molecule has 0 atom stereocenters. The molecule has 0 aliphatic rings. The largest absolute Gasteiger partial charge is 0.418 e. The number of anilines is 1. The Bertz CT molecular complexity index is 435. The van der Waals surface area contributed by atoms with Crippen molar-refractivity contribution < 1.29 is 22.7 Å². The normalized spacial score (nSPS) is 11.4. The topological polar surface area (TPSA) is 38.3 Å². The van der Waals surface area contributed by atoms with Gasteiger partial charge in [-0.3, -0.25) is 4.79 Å². The molecule has 1 aromatic carbocycles. The van der Waals surface area contributed by atoms with Gasteiger partial charge in [-0.2, -0.15) is 13.2 Å². The molecule has 0 spiro atoms. The predicted molar refractivity (Wildman–Crippen MR) is 61.6 cm³/mol. The van der Waals surface area contributed by atoms with Crippen LogP contribution < -0.4 is 5.32 Å². The molecule has 100 valence electrons. The average Bonchev–Trinajstić information content (AvgIpc) is 2.27. The first kappa shape index (κ1) is 14.8. The second-order valence-corrected chi connectivity index (χ2v) is 3.75. The van der Waals surface area contributed by atoms with Crippen molar-refractivity contribution in [2.45, 2.75) is 13.1 Å². The van der Waals surface area contributed by atoms with E-state index in [2.05, 4.69) is 5.32 Å². The van der Waals surface area contributed by atoms with Crippen LogP contribution in [0.15, 0.2) is 18.2 Å². The molecular formula is C11H11ClF3NO2. The molecule has 0 aliphatic carbocycles. The van der Waals surface area contributed by atoms with Gasteiger partial charge in [-0.25, -0.2) is 0 Å². The minimum Gasteiger partial charge on any atom is -0.372 e. The molecule has 0 bridgehead atoms. The summed E-state index contributed by atoms with van der Waals surface area (Å²) in [6.45, 7) is 1.64. The lowest BCUT2D eigenvalue weighted by Gasteiger charge is -2.15. The Labute approximate surface area is 107 Å². The maximum Gasteiger partial charge on any atom is 0.418 e. The number of hydrogen-bond acceptors (Lipinski definition) is 2. The van der Waals surface area contributed by atoms with Gasteiger partial charge in [-0.1, -0.05) is 17.7 Å². The van der Waals surface area contributed by atoms with Crippen molar-refractivity contribution in [1.82, 2.24) is 0 Å². The third-order valence-corrected chi connectivity index (χ3v) is 2.34. The van der Waals surface area contributed by atoms with E-state index < -0.39 is 23.3 Å². The highest BCUT2D eigenvalue weighted by Crippen LogP contribution is 2.38. The fraction of sp³-hybridized carbons (Fsp3) is 0.364. The number of rotatable bonds is 4. The van der Waals surface area contributed by atoms with E-state index in [0.29, 0.717) is 6.61 Å². The lowest BCUT2D eigenvalue weighted by atomic mass is 10.1. The summed E-state index contributed by atoms with van der Waals surface area (Å²) in [4.78, 5) is 11.3. The maximum atomic E-state index is 12.7. The summed E-state index contributed by atoms with van der Waals surface area (Å²) in [5.41, 5.74) is -1.43. The standard InChI is InChI=1S/C11H11ClF3NO2/c1-2-18-6-9(17)16-10-7(11(13,14)15)4-3-5-8(10)12/h3-5H,2,6H2,1H3,(H,16,17). The lowest BCUT2D eigenvalue weighted by molar-refractivity contribution is -0.137. The van der Waals surface area contributed by atoms with Gasteiger partial charge in [0.05, 0.1) is 16.3 Å². The van der Waals surface area contributed by atoms with Crippen molar-refractivity contribution in [2.24, 2.45) is 0 Å². The molecule has 18 heavy (non-hydrogen) atoms. The van der Waals surface area contributed by atoms with Crippen molar-refractivity contribution in [3.05, 3.63) is 28.8 Å². The molecule has 0 unspecified atom stereocenters. The zero-order valence-corrected chi connectivity index (χ0v) is 10.2. The smallest absolute Gasteiger partial charge is 0.372 e. The molecule has 3 nitrogen and oxygen atoms in total. The Morgan fingerprint density at radius 1 is 1.44 bits per heavy atom. The minimum atomic E-state index is -4.58. The van der Waals surface area contributed by atoms with Crippen LogP contribution in [0.2, 0.25) is 5.02 Å². The van der Waals surface area contributed by atoms with Gasteiger partial charge in [0.15, 0.2) is 0 Å². The Kier molecular flexibility index (Phi) is 4.98. The molecule has 0 fully saturated rings. The number of alkyl halides is 3. The van der Waals surface area contributed by atoms with Crippen LogP contribution in [0, 0.1) is 0 Å². The summed E-state index contributed by atoms with van der Waals surface area (Å²) in [6.07, 6.45) is -4.58. The zero-order chi connectivity index (χ0) is 13.8. The van der Waals surface area contributed by atoms with Crippen molar-refractivity contribution >= 4 is 23.2 Å². The van der Waals surface area contributed by atoms with Crippen molar-refractivity contribution in [1.29, 1.82) is 0 Å². The number of ether oxygens (including phenoxy) is 1. The number of amides is 1. The fourth-order valence-electron chi connectivity index (χ4n) is 1.26. The van der Waals surface area contributed by atoms with E-state index in [1.165, 1.54) is 12.1 Å².